The highest BCUT2D eigenvalue weighted by molar-refractivity contribution is 5.44. The van der Waals surface area contributed by atoms with Gasteiger partial charge in [0.05, 0.1) is 6.61 Å². The summed E-state index contributed by atoms with van der Waals surface area (Å²) >= 11 is 0. The van der Waals surface area contributed by atoms with Crippen LogP contribution in [0.15, 0.2) is 24.3 Å². The van der Waals surface area contributed by atoms with E-state index in [1.165, 1.54) is 5.56 Å². The van der Waals surface area contributed by atoms with Crippen LogP contribution in [0, 0.1) is 6.92 Å². The zero-order valence-corrected chi connectivity index (χ0v) is 8.34. The molecular weight excluding hydrogens is 162 g/mol. The SMILES string of the molecule is CCOCCNc1ccc(C)cc1. The van der Waals surface area contributed by atoms with Gasteiger partial charge in [-0.05, 0) is 26.0 Å². The summed E-state index contributed by atoms with van der Waals surface area (Å²) in [5.74, 6) is 0. The maximum absolute atomic E-state index is 5.22. The predicted octanol–water partition coefficient (Wildman–Crippen LogP) is 2.44. The third-order valence-electron chi connectivity index (χ3n) is 1.83. The molecule has 0 amide bonds. The fraction of sp³-hybridized carbons (Fsp3) is 0.455. The molecule has 0 aliphatic rings. The Hall–Kier alpha value is -1.02. The number of nitrogens with one attached hydrogen (secondary N) is 1. The molecule has 0 saturated heterocycles. The lowest BCUT2D eigenvalue weighted by Gasteiger charge is -2.06. The summed E-state index contributed by atoms with van der Waals surface area (Å²) < 4.78 is 5.22. The highest BCUT2D eigenvalue weighted by atomic mass is 16.5. The Bertz CT molecular complexity index is 230. The lowest BCUT2D eigenvalue weighted by molar-refractivity contribution is 0.158. The quantitative estimate of drug-likeness (QED) is 0.701. The third-order valence-corrected chi connectivity index (χ3v) is 1.83. The van der Waals surface area contributed by atoms with Crippen molar-refractivity contribution in [3.63, 3.8) is 0 Å². The topological polar surface area (TPSA) is 21.3 Å². The van der Waals surface area contributed by atoms with E-state index < -0.39 is 0 Å². The minimum absolute atomic E-state index is 0.768. The van der Waals surface area contributed by atoms with E-state index in [0.29, 0.717) is 0 Å². The van der Waals surface area contributed by atoms with Crippen LogP contribution in [-0.4, -0.2) is 19.8 Å². The molecule has 2 nitrogen and oxygen atoms in total. The van der Waals surface area contributed by atoms with Gasteiger partial charge in [0.25, 0.3) is 0 Å². The van der Waals surface area contributed by atoms with Crippen LogP contribution < -0.4 is 5.32 Å². The van der Waals surface area contributed by atoms with E-state index in [2.05, 4.69) is 36.5 Å². The number of anilines is 1. The van der Waals surface area contributed by atoms with Gasteiger partial charge < -0.3 is 10.1 Å². The van der Waals surface area contributed by atoms with Crippen LogP contribution in [0.3, 0.4) is 0 Å². The fourth-order valence-corrected chi connectivity index (χ4v) is 1.08. The van der Waals surface area contributed by atoms with E-state index >= 15 is 0 Å². The zero-order valence-electron chi connectivity index (χ0n) is 8.34. The van der Waals surface area contributed by atoms with E-state index in [1.807, 2.05) is 6.92 Å². The highest BCUT2D eigenvalue weighted by Gasteiger charge is 1.90. The molecule has 0 bridgehead atoms. The normalized spacial score (nSPS) is 10.0. The highest BCUT2D eigenvalue weighted by Crippen LogP contribution is 2.07. The molecule has 0 saturated carbocycles. The summed E-state index contributed by atoms with van der Waals surface area (Å²) in [7, 11) is 0. The molecule has 0 unspecified atom stereocenters. The third kappa shape index (κ3) is 3.95. The first-order valence-electron chi connectivity index (χ1n) is 4.71. The number of ether oxygens (including phenoxy) is 1. The molecular formula is C11H17NO. The van der Waals surface area contributed by atoms with Crippen LogP contribution in [0.1, 0.15) is 12.5 Å². The van der Waals surface area contributed by atoms with Gasteiger partial charge in [0.2, 0.25) is 0 Å². The molecule has 1 aromatic carbocycles. The first kappa shape index (κ1) is 10.1. The van der Waals surface area contributed by atoms with Crippen molar-refractivity contribution in [2.45, 2.75) is 13.8 Å². The molecule has 0 aromatic heterocycles. The van der Waals surface area contributed by atoms with Crippen LogP contribution in [-0.2, 0) is 4.74 Å². The molecule has 0 aliphatic carbocycles. The Morgan fingerprint density at radius 2 is 1.92 bits per heavy atom. The first-order valence-corrected chi connectivity index (χ1v) is 4.71. The maximum Gasteiger partial charge on any atom is 0.0638 e. The molecule has 0 heterocycles. The van der Waals surface area contributed by atoms with Gasteiger partial charge in [0.1, 0.15) is 0 Å². The van der Waals surface area contributed by atoms with Crippen LogP contribution in [0.5, 0.6) is 0 Å². The summed E-state index contributed by atoms with van der Waals surface area (Å²) in [6, 6.07) is 8.37. The van der Waals surface area contributed by atoms with Crippen molar-refractivity contribution < 1.29 is 4.74 Å². The summed E-state index contributed by atoms with van der Waals surface area (Å²) in [4.78, 5) is 0. The van der Waals surface area contributed by atoms with Crippen molar-refractivity contribution >= 4 is 5.69 Å². The van der Waals surface area contributed by atoms with Gasteiger partial charge in [-0.3, -0.25) is 0 Å². The average Bonchev–Trinajstić information content (AvgIpc) is 2.15. The first-order chi connectivity index (χ1) is 6.33. The van der Waals surface area contributed by atoms with Gasteiger partial charge in [0.15, 0.2) is 0 Å². The van der Waals surface area contributed by atoms with Gasteiger partial charge in [-0.15, -0.1) is 0 Å². The summed E-state index contributed by atoms with van der Waals surface area (Å²) in [5, 5.41) is 3.28. The van der Waals surface area contributed by atoms with E-state index in [9.17, 15) is 0 Å². The molecule has 0 fully saturated rings. The molecule has 2 heteroatoms. The van der Waals surface area contributed by atoms with Crippen molar-refractivity contribution in [3.8, 4) is 0 Å². The Morgan fingerprint density at radius 3 is 2.54 bits per heavy atom. The van der Waals surface area contributed by atoms with Gasteiger partial charge in [-0.25, -0.2) is 0 Å². The molecule has 1 aromatic rings. The van der Waals surface area contributed by atoms with Crippen LogP contribution in [0.2, 0.25) is 0 Å². The van der Waals surface area contributed by atoms with E-state index in [1.54, 1.807) is 0 Å². The molecule has 1 N–H and O–H groups in total. The number of aryl methyl sites for hydroxylation is 1. The maximum atomic E-state index is 5.22. The van der Waals surface area contributed by atoms with Crippen molar-refractivity contribution in [1.29, 1.82) is 0 Å². The summed E-state index contributed by atoms with van der Waals surface area (Å²) in [5.41, 5.74) is 2.45. The number of rotatable bonds is 5. The lowest BCUT2D eigenvalue weighted by atomic mass is 10.2. The number of hydrogen-bond acceptors (Lipinski definition) is 2. The van der Waals surface area contributed by atoms with Crippen LogP contribution >= 0.6 is 0 Å². The lowest BCUT2D eigenvalue weighted by Crippen LogP contribution is -2.08. The van der Waals surface area contributed by atoms with Gasteiger partial charge in [0, 0.05) is 18.8 Å². The molecule has 0 spiro atoms. The Morgan fingerprint density at radius 1 is 1.23 bits per heavy atom. The van der Waals surface area contributed by atoms with Crippen molar-refractivity contribution in [2.24, 2.45) is 0 Å². The monoisotopic (exact) mass is 179 g/mol. The molecule has 13 heavy (non-hydrogen) atoms. The van der Waals surface area contributed by atoms with Crippen molar-refractivity contribution in [3.05, 3.63) is 29.8 Å². The molecule has 0 radical (unpaired) electrons. The summed E-state index contributed by atoms with van der Waals surface area (Å²) in [6.07, 6.45) is 0. The van der Waals surface area contributed by atoms with Crippen molar-refractivity contribution in [1.82, 2.24) is 0 Å². The molecule has 0 aliphatic heterocycles. The Balaban J connectivity index is 2.25. The number of hydrogen-bond donors (Lipinski definition) is 1. The zero-order chi connectivity index (χ0) is 9.52. The van der Waals surface area contributed by atoms with Gasteiger partial charge in [-0.2, -0.15) is 0 Å². The minimum Gasteiger partial charge on any atom is -0.383 e. The summed E-state index contributed by atoms with van der Waals surface area (Å²) in [6.45, 7) is 6.52. The van der Waals surface area contributed by atoms with Crippen LogP contribution in [0.25, 0.3) is 0 Å². The fourth-order valence-electron chi connectivity index (χ4n) is 1.08. The second-order valence-electron chi connectivity index (χ2n) is 2.99. The second-order valence-corrected chi connectivity index (χ2v) is 2.99. The van der Waals surface area contributed by atoms with E-state index in [0.717, 1.165) is 25.4 Å². The molecule has 0 atom stereocenters. The minimum atomic E-state index is 0.768. The molecule has 1 rings (SSSR count). The van der Waals surface area contributed by atoms with Crippen LogP contribution in [0.4, 0.5) is 5.69 Å². The van der Waals surface area contributed by atoms with E-state index in [-0.39, 0.29) is 0 Å². The van der Waals surface area contributed by atoms with Gasteiger partial charge >= 0.3 is 0 Å². The van der Waals surface area contributed by atoms with E-state index in [4.69, 9.17) is 4.74 Å². The van der Waals surface area contributed by atoms with Gasteiger partial charge in [-0.1, -0.05) is 17.7 Å². The van der Waals surface area contributed by atoms with Crippen molar-refractivity contribution in [2.75, 3.05) is 25.1 Å². The molecule has 72 valence electrons. The second kappa shape index (κ2) is 5.60. The standard InChI is InChI=1S/C11H17NO/c1-3-13-9-8-12-11-6-4-10(2)5-7-11/h4-7,12H,3,8-9H2,1-2H3. The average molecular weight is 179 g/mol. The Labute approximate surface area is 79.9 Å². The Kier molecular flexibility index (Phi) is 4.33. The largest absolute Gasteiger partial charge is 0.383 e. The predicted molar refractivity (Wildman–Crippen MR) is 56.2 cm³/mol. The smallest absolute Gasteiger partial charge is 0.0638 e. The number of benzene rings is 1.